The number of amides is 2. The molecular weight excluding hydrogens is 402 g/mol. The van der Waals surface area contributed by atoms with Gasteiger partial charge in [0.15, 0.2) is 0 Å². The summed E-state index contributed by atoms with van der Waals surface area (Å²) in [5.41, 5.74) is 3.24. The molecule has 2 amide bonds. The van der Waals surface area contributed by atoms with Crippen LogP contribution in [0.25, 0.3) is 0 Å². The van der Waals surface area contributed by atoms with Gasteiger partial charge in [-0.1, -0.05) is 12.1 Å². The number of hydrogen-bond donors (Lipinski definition) is 4. The summed E-state index contributed by atoms with van der Waals surface area (Å²) in [5.74, 6) is -1.11. The number of anilines is 1. The first-order chi connectivity index (χ1) is 13.8. The summed E-state index contributed by atoms with van der Waals surface area (Å²) in [5, 5.41) is 17.7. The Labute approximate surface area is 167 Å². The second kappa shape index (κ2) is 9.37. The van der Waals surface area contributed by atoms with Gasteiger partial charge in [-0.05, 0) is 42.3 Å². The zero-order valence-electron chi connectivity index (χ0n) is 15.7. The molecule has 0 spiro atoms. The van der Waals surface area contributed by atoms with Crippen molar-refractivity contribution in [1.82, 2.24) is 11.0 Å². The molecule has 4 N–H and O–H groups in total. The van der Waals surface area contributed by atoms with Crippen LogP contribution in [0.15, 0.2) is 47.4 Å². The monoisotopic (exact) mass is 423 g/mol. The molecular formula is C18H21N3O7S. The molecule has 0 atom stereocenters. The molecule has 0 heterocycles. The number of ether oxygens (including phenoxy) is 1. The van der Waals surface area contributed by atoms with E-state index in [9.17, 15) is 18.0 Å². The summed E-state index contributed by atoms with van der Waals surface area (Å²) in [6, 6.07) is 10.1. The predicted molar refractivity (Wildman–Crippen MR) is 103 cm³/mol. The molecule has 0 aliphatic heterocycles. The Balaban J connectivity index is 2.55. The van der Waals surface area contributed by atoms with Gasteiger partial charge >= 0.3 is 0 Å². The Morgan fingerprint density at radius 1 is 1.07 bits per heavy atom. The number of benzene rings is 2. The molecule has 0 bridgehead atoms. The zero-order valence-corrected chi connectivity index (χ0v) is 16.6. The molecule has 29 heavy (non-hydrogen) atoms. The van der Waals surface area contributed by atoms with Crippen LogP contribution in [0.1, 0.15) is 22.3 Å². The van der Waals surface area contributed by atoms with Gasteiger partial charge in [0, 0.05) is 13.5 Å². The molecule has 0 aliphatic carbocycles. The summed E-state index contributed by atoms with van der Waals surface area (Å²) >= 11 is 0. The molecule has 0 aromatic heterocycles. The van der Waals surface area contributed by atoms with Crippen molar-refractivity contribution in [3.8, 4) is 5.75 Å². The Hall–Kier alpha value is -3.15. The fourth-order valence-corrected chi connectivity index (χ4v) is 3.99. The molecule has 0 aliphatic rings. The second-order valence-corrected chi connectivity index (χ2v) is 7.91. The minimum Gasteiger partial charge on any atom is -0.497 e. The highest BCUT2D eigenvalue weighted by atomic mass is 32.2. The Morgan fingerprint density at radius 3 is 2.28 bits per heavy atom. The SMILES string of the molecule is COc1ccc(S(=O)(=O)N(C)c2c(CCC(=O)NO)cccc2C(=O)NO)cc1. The van der Waals surface area contributed by atoms with Gasteiger partial charge in [0.2, 0.25) is 5.91 Å². The van der Waals surface area contributed by atoms with Crippen LogP contribution >= 0.6 is 0 Å². The third kappa shape index (κ3) is 4.83. The minimum absolute atomic E-state index is 0.000563. The topological polar surface area (TPSA) is 145 Å². The first-order valence-electron chi connectivity index (χ1n) is 8.38. The summed E-state index contributed by atoms with van der Waals surface area (Å²) in [6.07, 6.45) is -0.110. The van der Waals surface area contributed by atoms with Crippen LogP contribution in [0.2, 0.25) is 0 Å². The van der Waals surface area contributed by atoms with Gasteiger partial charge in [0.1, 0.15) is 5.75 Å². The molecule has 0 saturated carbocycles. The summed E-state index contributed by atoms with van der Waals surface area (Å²) in [7, 11) is -1.37. The van der Waals surface area contributed by atoms with Crippen molar-refractivity contribution in [2.24, 2.45) is 0 Å². The lowest BCUT2D eigenvalue weighted by atomic mass is 10.0. The molecule has 0 unspecified atom stereocenters. The number of sulfonamides is 1. The van der Waals surface area contributed by atoms with Crippen molar-refractivity contribution in [3.05, 3.63) is 53.6 Å². The first-order valence-corrected chi connectivity index (χ1v) is 9.82. The van der Waals surface area contributed by atoms with Gasteiger partial charge in [0.05, 0.1) is 23.3 Å². The Morgan fingerprint density at radius 2 is 1.72 bits per heavy atom. The van der Waals surface area contributed by atoms with Gasteiger partial charge in [-0.2, -0.15) is 0 Å². The average molecular weight is 423 g/mol. The molecule has 156 valence electrons. The van der Waals surface area contributed by atoms with Crippen molar-refractivity contribution in [2.75, 3.05) is 18.5 Å². The van der Waals surface area contributed by atoms with Gasteiger partial charge in [-0.3, -0.25) is 24.3 Å². The normalized spacial score (nSPS) is 10.9. The van der Waals surface area contributed by atoms with Crippen molar-refractivity contribution in [1.29, 1.82) is 0 Å². The largest absolute Gasteiger partial charge is 0.497 e. The average Bonchev–Trinajstić information content (AvgIpc) is 2.75. The number of hydroxylamine groups is 2. The van der Waals surface area contributed by atoms with E-state index in [1.807, 2.05) is 0 Å². The molecule has 10 nitrogen and oxygen atoms in total. The van der Waals surface area contributed by atoms with E-state index in [0.717, 1.165) is 4.31 Å². The maximum absolute atomic E-state index is 13.1. The van der Waals surface area contributed by atoms with Crippen molar-refractivity contribution >= 4 is 27.5 Å². The number of aryl methyl sites for hydroxylation is 1. The smallest absolute Gasteiger partial charge is 0.276 e. The maximum atomic E-state index is 13.1. The highest BCUT2D eigenvalue weighted by Crippen LogP contribution is 2.31. The third-order valence-corrected chi connectivity index (χ3v) is 6.02. The van der Waals surface area contributed by atoms with Gasteiger partial charge in [-0.15, -0.1) is 0 Å². The predicted octanol–water partition coefficient (Wildman–Crippen LogP) is 1.08. The number of nitrogens with zero attached hydrogens (tertiary/aromatic N) is 1. The van der Waals surface area contributed by atoms with Crippen molar-refractivity contribution in [2.45, 2.75) is 17.7 Å². The molecule has 2 aromatic rings. The number of hydrogen-bond acceptors (Lipinski definition) is 7. The van der Waals surface area contributed by atoms with E-state index < -0.39 is 21.8 Å². The molecule has 2 rings (SSSR count). The zero-order chi connectivity index (χ0) is 21.6. The van der Waals surface area contributed by atoms with E-state index in [2.05, 4.69) is 0 Å². The number of nitrogens with one attached hydrogen (secondary N) is 2. The van der Waals surface area contributed by atoms with Gasteiger partial charge in [0.25, 0.3) is 15.9 Å². The lowest BCUT2D eigenvalue weighted by molar-refractivity contribution is -0.129. The van der Waals surface area contributed by atoms with Crippen LogP contribution in [0.5, 0.6) is 5.75 Å². The highest BCUT2D eigenvalue weighted by Gasteiger charge is 2.27. The highest BCUT2D eigenvalue weighted by molar-refractivity contribution is 7.92. The van der Waals surface area contributed by atoms with Crippen LogP contribution in [-0.2, 0) is 21.2 Å². The summed E-state index contributed by atoms with van der Waals surface area (Å²) in [4.78, 5) is 23.5. The quantitative estimate of drug-likeness (QED) is 0.367. The number of rotatable bonds is 8. The van der Waals surface area contributed by atoms with Gasteiger partial charge < -0.3 is 4.74 Å². The van der Waals surface area contributed by atoms with Crippen molar-refractivity contribution < 1.29 is 33.2 Å². The Kier molecular flexibility index (Phi) is 7.15. The van der Waals surface area contributed by atoms with E-state index in [-0.39, 0.29) is 29.0 Å². The van der Waals surface area contributed by atoms with Crippen LogP contribution in [-0.4, -0.2) is 44.8 Å². The lowest BCUT2D eigenvalue weighted by Gasteiger charge is -2.25. The van der Waals surface area contributed by atoms with E-state index >= 15 is 0 Å². The first kappa shape index (κ1) is 22.1. The fourth-order valence-electron chi connectivity index (χ4n) is 2.74. The van der Waals surface area contributed by atoms with Crippen molar-refractivity contribution in [3.63, 3.8) is 0 Å². The van der Waals surface area contributed by atoms with E-state index in [1.54, 1.807) is 6.07 Å². The molecule has 0 radical (unpaired) electrons. The molecule has 11 heteroatoms. The second-order valence-electron chi connectivity index (χ2n) is 5.94. The Bertz CT molecular complexity index is 991. The summed E-state index contributed by atoms with van der Waals surface area (Å²) in [6.45, 7) is 0. The molecule has 0 saturated heterocycles. The number of carbonyl (C=O) groups is 2. The summed E-state index contributed by atoms with van der Waals surface area (Å²) < 4.78 is 32.2. The van der Waals surface area contributed by atoms with E-state index in [1.165, 1.54) is 61.5 Å². The third-order valence-electron chi connectivity index (χ3n) is 4.24. The molecule has 2 aromatic carbocycles. The standard InChI is InChI=1S/C18H21N3O7S/c1-21(29(26,27)14-9-7-13(28-2)8-10-14)17-12(6-11-16(22)19-24)4-3-5-15(17)18(23)20-25/h3-5,7-10,24-25H,6,11H2,1-2H3,(H,19,22)(H,20,23). The molecule has 0 fully saturated rings. The van der Waals surface area contributed by atoms with Crippen LogP contribution < -0.4 is 20.0 Å². The number of methoxy groups -OCH3 is 1. The van der Waals surface area contributed by atoms with Crippen LogP contribution in [0.3, 0.4) is 0 Å². The number of carbonyl (C=O) groups excluding carboxylic acids is 2. The minimum atomic E-state index is -4.08. The maximum Gasteiger partial charge on any atom is 0.276 e. The van der Waals surface area contributed by atoms with Crippen LogP contribution in [0.4, 0.5) is 5.69 Å². The fraction of sp³-hybridized carbons (Fsp3) is 0.222. The number of para-hydroxylation sites is 1. The van der Waals surface area contributed by atoms with E-state index in [0.29, 0.717) is 11.3 Å². The van der Waals surface area contributed by atoms with Crippen LogP contribution in [0, 0.1) is 0 Å². The van der Waals surface area contributed by atoms with Gasteiger partial charge in [-0.25, -0.2) is 19.4 Å². The lowest BCUT2D eigenvalue weighted by Crippen LogP contribution is -2.31. The van der Waals surface area contributed by atoms with E-state index in [4.69, 9.17) is 15.2 Å².